The number of piperazine rings is 1. The molecule has 2 aliphatic heterocycles. The van der Waals surface area contributed by atoms with Gasteiger partial charge < -0.3 is 10.2 Å². The van der Waals surface area contributed by atoms with Crippen LogP contribution in [-0.4, -0.2) is 49.5 Å². The van der Waals surface area contributed by atoms with Crippen molar-refractivity contribution in [3.63, 3.8) is 0 Å². The van der Waals surface area contributed by atoms with Crippen molar-refractivity contribution in [2.45, 2.75) is 6.42 Å². The van der Waals surface area contributed by atoms with E-state index in [-0.39, 0.29) is 5.91 Å². The van der Waals surface area contributed by atoms with Crippen molar-refractivity contribution in [3.05, 3.63) is 0 Å². The van der Waals surface area contributed by atoms with E-state index in [9.17, 15) is 4.79 Å². The first-order valence-electron chi connectivity index (χ1n) is 4.66. The largest absolute Gasteiger partial charge is 0.340 e. The molecule has 0 saturated carbocycles. The van der Waals surface area contributed by atoms with Gasteiger partial charge in [0.1, 0.15) is 0 Å². The van der Waals surface area contributed by atoms with Gasteiger partial charge in [0.25, 0.3) is 0 Å². The zero-order valence-electron chi connectivity index (χ0n) is 7.55. The van der Waals surface area contributed by atoms with E-state index in [4.69, 9.17) is 0 Å². The van der Waals surface area contributed by atoms with Crippen molar-refractivity contribution in [1.29, 1.82) is 0 Å². The molecule has 2 heterocycles. The molecule has 0 aromatic rings. The highest BCUT2D eigenvalue weighted by molar-refractivity contribution is 5.98. The van der Waals surface area contributed by atoms with Gasteiger partial charge >= 0.3 is 0 Å². The van der Waals surface area contributed by atoms with Gasteiger partial charge in [-0.3, -0.25) is 15.1 Å². The van der Waals surface area contributed by atoms with Gasteiger partial charge in [0.15, 0.2) is 0 Å². The topological polar surface area (TPSA) is 56.7 Å². The number of carbonyl (C=O) groups excluding carboxylic acids is 1. The number of hydrogen-bond acceptors (Lipinski definition) is 4. The zero-order chi connectivity index (χ0) is 9.10. The molecule has 5 nitrogen and oxygen atoms in total. The Labute approximate surface area is 77.2 Å². The predicted molar refractivity (Wildman–Crippen MR) is 49.5 cm³/mol. The van der Waals surface area contributed by atoms with Crippen LogP contribution >= 0.6 is 0 Å². The average Bonchev–Trinajstić information content (AvgIpc) is 2.19. The van der Waals surface area contributed by atoms with Crippen LogP contribution in [0.25, 0.3) is 0 Å². The summed E-state index contributed by atoms with van der Waals surface area (Å²) in [6, 6.07) is 0. The zero-order valence-corrected chi connectivity index (χ0v) is 7.55. The van der Waals surface area contributed by atoms with Gasteiger partial charge in [-0.1, -0.05) is 0 Å². The molecule has 0 aromatic heterocycles. The maximum Gasteiger partial charge on any atom is 0.228 e. The summed E-state index contributed by atoms with van der Waals surface area (Å²) < 4.78 is 0. The number of aliphatic imine (C=N–C) groups is 1. The minimum absolute atomic E-state index is 0.0866. The van der Waals surface area contributed by atoms with Crippen LogP contribution in [0, 0.1) is 0 Å². The first-order valence-corrected chi connectivity index (χ1v) is 4.66. The molecule has 0 aliphatic carbocycles. The van der Waals surface area contributed by atoms with E-state index in [1.165, 1.54) is 0 Å². The van der Waals surface area contributed by atoms with E-state index < -0.39 is 0 Å². The molecule has 0 aromatic carbocycles. The van der Waals surface area contributed by atoms with Crippen molar-refractivity contribution < 1.29 is 4.79 Å². The summed E-state index contributed by atoms with van der Waals surface area (Å²) in [5.41, 5.74) is 0. The molecule has 5 heteroatoms. The van der Waals surface area contributed by atoms with Gasteiger partial charge in [0.2, 0.25) is 11.9 Å². The molecular weight excluding hydrogens is 168 g/mol. The summed E-state index contributed by atoms with van der Waals surface area (Å²) in [6.07, 6.45) is 0.523. The number of nitrogens with one attached hydrogen (secondary N) is 2. The second kappa shape index (κ2) is 3.74. The summed E-state index contributed by atoms with van der Waals surface area (Å²) in [6.45, 7) is 4.42. The first kappa shape index (κ1) is 8.50. The monoisotopic (exact) mass is 182 g/mol. The molecule has 2 aliphatic rings. The quantitative estimate of drug-likeness (QED) is 0.493. The van der Waals surface area contributed by atoms with Crippen LogP contribution in [0.2, 0.25) is 0 Å². The van der Waals surface area contributed by atoms with E-state index in [0.29, 0.717) is 13.0 Å². The maximum absolute atomic E-state index is 11.1. The number of guanidine groups is 1. The summed E-state index contributed by atoms with van der Waals surface area (Å²) in [4.78, 5) is 17.5. The lowest BCUT2D eigenvalue weighted by Crippen LogP contribution is -2.53. The summed E-state index contributed by atoms with van der Waals surface area (Å²) in [5, 5.41) is 6.05. The van der Waals surface area contributed by atoms with Crippen molar-refractivity contribution in [2.24, 2.45) is 4.99 Å². The fraction of sp³-hybridized carbons (Fsp3) is 0.750. The summed E-state index contributed by atoms with van der Waals surface area (Å²) >= 11 is 0. The highest BCUT2D eigenvalue weighted by atomic mass is 16.1. The van der Waals surface area contributed by atoms with Crippen LogP contribution in [-0.2, 0) is 4.79 Å². The van der Waals surface area contributed by atoms with Crippen LogP contribution < -0.4 is 10.6 Å². The Kier molecular flexibility index (Phi) is 2.44. The highest BCUT2D eigenvalue weighted by Crippen LogP contribution is 1.98. The molecule has 72 valence electrons. The number of hydrogen-bond donors (Lipinski definition) is 2. The van der Waals surface area contributed by atoms with Gasteiger partial charge in [-0.05, 0) is 0 Å². The Hall–Kier alpha value is -1.10. The second-order valence-corrected chi connectivity index (χ2v) is 3.24. The smallest absolute Gasteiger partial charge is 0.228 e. The van der Waals surface area contributed by atoms with E-state index in [1.54, 1.807) is 0 Å². The number of rotatable bonds is 0. The van der Waals surface area contributed by atoms with E-state index in [1.807, 2.05) is 0 Å². The van der Waals surface area contributed by atoms with Crippen molar-refractivity contribution in [3.8, 4) is 0 Å². The highest BCUT2D eigenvalue weighted by Gasteiger charge is 2.18. The van der Waals surface area contributed by atoms with Crippen LogP contribution in [0.5, 0.6) is 0 Å². The molecule has 1 amide bonds. The Bertz CT molecular complexity index is 232. The Morgan fingerprint density at radius 1 is 1.31 bits per heavy atom. The first-order chi connectivity index (χ1) is 6.36. The SMILES string of the molecule is O=C1CCN=C(N2CCNCC2)N1. The third-order valence-electron chi connectivity index (χ3n) is 2.27. The van der Waals surface area contributed by atoms with Gasteiger partial charge in [-0.25, -0.2) is 0 Å². The van der Waals surface area contributed by atoms with E-state index in [2.05, 4.69) is 20.5 Å². The molecule has 1 saturated heterocycles. The van der Waals surface area contributed by atoms with Crippen LogP contribution in [0.3, 0.4) is 0 Å². The fourth-order valence-electron chi connectivity index (χ4n) is 1.55. The van der Waals surface area contributed by atoms with Crippen LogP contribution in [0.4, 0.5) is 0 Å². The third kappa shape index (κ3) is 1.98. The number of carbonyl (C=O) groups is 1. The van der Waals surface area contributed by atoms with E-state index in [0.717, 1.165) is 32.1 Å². The standard InChI is InChI=1S/C8H14N4O/c13-7-1-2-10-8(11-7)12-5-3-9-4-6-12/h9H,1-6H2,(H,10,11,13). The Morgan fingerprint density at radius 2 is 2.08 bits per heavy atom. The van der Waals surface area contributed by atoms with Gasteiger partial charge in [0.05, 0.1) is 6.54 Å². The Morgan fingerprint density at radius 3 is 2.77 bits per heavy atom. The minimum atomic E-state index is 0.0866. The molecule has 2 N–H and O–H groups in total. The molecule has 13 heavy (non-hydrogen) atoms. The Balaban J connectivity index is 1.98. The normalized spacial score (nSPS) is 23.8. The second-order valence-electron chi connectivity index (χ2n) is 3.24. The van der Waals surface area contributed by atoms with Crippen molar-refractivity contribution in [2.75, 3.05) is 32.7 Å². The van der Waals surface area contributed by atoms with Crippen molar-refractivity contribution in [1.82, 2.24) is 15.5 Å². The third-order valence-corrected chi connectivity index (χ3v) is 2.27. The van der Waals surface area contributed by atoms with Crippen molar-refractivity contribution >= 4 is 11.9 Å². The lowest BCUT2D eigenvalue weighted by molar-refractivity contribution is -0.120. The summed E-state index contributed by atoms with van der Waals surface area (Å²) in [7, 11) is 0. The minimum Gasteiger partial charge on any atom is -0.340 e. The average molecular weight is 182 g/mol. The maximum atomic E-state index is 11.1. The lowest BCUT2D eigenvalue weighted by atomic mass is 10.3. The molecule has 0 bridgehead atoms. The van der Waals surface area contributed by atoms with Gasteiger partial charge in [0, 0.05) is 32.6 Å². The molecule has 0 radical (unpaired) electrons. The molecule has 1 fully saturated rings. The predicted octanol–water partition coefficient (Wildman–Crippen LogP) is -1.23. The molecule has 2 rings (SSSR count). The molecule has 0 spiro atoms. The van der Waals surface area contributed by atoms with Crippen LogP contribution in [0.15, 0.2) is 4.99 Å². The van der Waals surface area contributed by atoms with Gasteiger partial charge in [-0.15, -0.1) is 0 Å². The molecular formula is C8H14N4O. The summed E-state index contributed by atoms with van der Waals surface area (Å²) in [5.74, 6) is 0.848. The number of nitrogens with zero attached hydrogens (tertiary/aromatic N) is 2. The van der Waals surface area contributed by atoms with Gasteiger partial charge in [-0.2, -0.15) is 0 Å². The fourth-order valence-corrected chi connectivity index (χ4v) is 1.55. The van der Waals surface area contributed by atoms with Crippen LogP contribution in [0.1, 0.15) is 6.42 Å². The van der Waals surface area contributed by atoms with E-state index >= 15 is 0 Å². The number of amides is 1. The molecule has 0 atom stereocenters. The molecule has 0 unspecified atom stereocenters. The lowest BCUT2D eigenvalue weighted by Gasteiger charge is -2.31.